The standard InChI is InChI=1S/C14H22N2/c1-3-14(15)11-7-9-13(10-8-11)16(2)12-5-4-6-12/h7-10,12,14H,3-6,15H2,1-2H3. The van der Waals surface area contributed by atoms with Crippen LogP contribution in [-0.4, -0.2) is 13.1 Å². The minimum absolute atomic E-state index is 0.183. The lowest BCUT2D eigenvalue weighted by molar-refractivity contribution is 0.401. The van der Waals surface area contributed by atoms with Gasteiger partial charge in [0.25, 0.3) is 0 Å². The van der Waals surface area contributed by atoms with Gasteiger partial charge in [0.15, 0.2) is 0 Å². The van der Waals surface area contributed by atoms with E-state index in [1.54, 1.807) is 0 Å². The Hall–Kier alpha value is -1.02. The molecule has 0 heterocycles. The summed E-state index contributed by atoms with van der Waals surface area (Å²) in [5.41, 5.74) is 8.56. The van der Waals surface area contributed by atoms with Crippen molar-refractivity contribution < 1.29 is 0 Å². The fourth-order valence-electron chi connectivity index (χ4n) is 2.18. The molecule has 0 amide bonds. The molecule has 1 unspecified atom stereocenters. The second-order valence-electron chi connectivity index (χ2n) is 4.80. The molecule has 0 bridgehead atoms. The number of benzene rings is 1. The van der Waals surface area contributed by atoms with Crippen LogP contribution in [0, 0.1) is 0 Å². The smallest absolute Gasteiger partial charge is 0.0366 e. The lowest BCUT2D eigenvalue weighted by Crippen LogP contribution is -2.37. The van der Waals surface area contributed by atoms with E-state index in [1.807, 2.05) is 0 Å². The molecule has 1 aliphatic rings. The Kier molecular flexibility index (Phi) is 3.49. The third-order valence-electron chi connectivity index (χ3n) is 3.79. The summed E-state index contributed by atoms with van der Waals surface area (Å²) in [4.78, 5) is 2.39. The molecule has 88 valence electrons. The Morgan fingerprint density at radius 1 is 1.31 bits per heavy atom. The van der Waals surface area contributed by atoms with Gasteiger partial charge in [0, 0.05) is 24.8 Å². The fourth-order valence-corrected chi connectivity index (χ4v) is 2.18. The van der Waals surface area contributed by atoms with Gasteiger partial charge in [-0.2, -0.15) is 0 Å². The summed E-state index contributed by atoms with van der Waals surface area (Å²) in [6, 6.07) is 9.66. The minimum atomic E-state index is 0.183. The molecule has 0 aromatic heterocycles. The van der Waals surface area contributed by atoms with Gasteiger partial charge in [0.05, 0.1) is 0 Å². The first-order valence-corrected chi connectivity index (χ1v) is 6.30. The van der Waals surface area contributed by atoms with Crippen molar-refractivity contribution in [3.05, 3.63) is 29.8 Å². The molecule has 2 rings (SSSR count). The van der Waals surface area contributed by atoms with Crippen molar-refractivity contribution in [1.29, 1.82) is 0 Å². The Labute approximate surface area is 98.4 Å². The van der Waals surface area contributed by atoms with Crippen molar-refractivity contribution in [2.24, 2.45) is 5.73 Å². The molecule has 1 aliphatic carbocycles. The highest BCUT2D eigenvalue weighted by Crippen LogP contribution is 2.28. The topological polar surface area (TPSA) is 29.3 Å². The molecule has 1 aromatic carbocycles. The van der Waals surface area contributed by atoms with Crippen LogP contribution in [0.25, 0.3) is 0 Å². The summed E-state index contributed by atoms with van der Waals surface area (Å²) in [7, 11) is 2.19. The van der Waals surface area contributed by atoms with Gasteiger partial charge < -0.3 is 10.6 Å². The molecule has 0 saturated heterocycles. The molecule has 2 N–H and O–H groups in total. The molecular formula is C14H22N2. The summed E-state index contributed by atoms with van der Waals surface area (Å²) in [6.07, 6.45) is 5.06. The zero-order valence-corrected chi connectivity index (χ0v) is 10.3. The van der Waals surface area contributed by atoms with E-state index in [4.69, 9.17) is 5.73 Å². The highest BCUT2D eigenvalue weighted by Gasteiger charge is 2.22. The summed E-state index contributed by atoms with van der Waals surface area (Å²) < 4.78 is 0. The number of nitrogens with two attached hydrogens (primary N) is 1. The average molecular weight is 218 g/mol. The van der Waals surface area contributed by atoms with Crippen LogP contribution in [0.15, 0.2) is 24.3 Å². The largest absolute Gasteiger partial charge is 0.372 e. The molecule has 0 aliphatic heterocycles. The Balaban J connectivity index is 2.06. The lowest BCUT2D eigenvalue weighted by Gasteiger charge is -2.36. The van der Waals surface area contributed by atoms with Crippen molar-refractivity contribution in [2.75, 3.05) is 11.9 Å². The van der Waals surface area contributed by atoms with Gasteiger partial charge in [-0.25, -0.2) is 0 Å². The third kappa shape index (κ3) is 2.22. The molecule has 2 heteroatoms. The van der Waals surface area contributed by atoms with Crippen LogP contribution >= 0.6 is 0 Å². The first-order valence-electron chi connectivity index (χ1n) is 6.30. The van der Waals surface area contributed by atoms with Crippen LogP contribution < -0.4 is 10.6 Å². The molecule has 0 spiro atoms. The predicted molar refractivity (Wildman–Crippen MR) is 69.7 cm³/mol. The monoisotopic (exact) mass is 218 g/mol. The molecular weight excluding hydrogens is 196 g/mol. The van der Waals surface area contributed by atoms with Crippen molar-refractivity contribution in [3.8, 4) is 0 Å². The quantitative estimate of drug-likeness (QED) is 0.841. The van der Waals surface area contributed by atoms with Crippen molar-refractivity contribution in [2.45, 2.75) is 44.7 Å². The molecule has 0 radical (unpaired) electrons. The van der Waals surface area contributed by atoms with Crippen molar-refractivity contribution >= 4 is 5.69 Å². The van der Waals surface area contributed by atoms with E-state index in [9.17, 15) is 0 Å². The second-order valence-corrected chi connectivity index (χ2v) is 4.80. The molecule has 1 saturated carbocycles. The summed E-state index contributed by atoms with van der Waals surface area (Å²) in [6.45, 7) is 2.12. The zero-order chi connectivity index (χ0) is 11.5. The number of nitrogens with zero attached hydrogens (tertiary/aromatic N) is 1. The van der Waals surface area contributed by atoms with E-state index in [2.05, 4.69) is 43.1 Å². The van der Waals surface area contributed by atoms with Gasteiger partial charge in [-0.3, -0.25) is 0 Å². The molecule has 1 aromatic rings. The average Bonchev–Trinajstić information content (AvgIpc) is 2.26. The van der Waals surface area contributed by atoms with E-state index in [0.717, 1.165) is 12.5 Å². The van der Waals surface area contributed by atoms with E-state index in [0.29, 0.717) is 0 Å². The van der Waals surface area contributed by atoms with Crippen LogP contribution in [0.4, 0.5) is 5.69 Å². The first-order chi connectivity index (χ1) is 7.72. The van der Waals surface area contributed by atoms with Gasteiger partial charge in [-0.05, 0) is 43.4 Å². The van der Waals surface area contributed by atoms with Crippen LogP contribution in [-0.2, 0) is 0 Å². The van der Waals surface area contributed by atoms with E-state index in [-0.39, 0.29) is 6.04 Å². The highest BCUT2D eigenvalue weighted by atomic mass is 15.1. The van der Waals surface area contributed by atoms with Crippen molar-refractivity contribution in [3.63, 3.8) is 0 Å². The zero-order valence-electron chi connectivity index (χ0n) is 10.3. The third-order valence-corrected chi connectivity index (χ3v) is 3.79. The van der Waals surface area contributed by atoms with Gasteiger partial charge in [-0.15, -0.1) is 0 Å². The Morgan fingerprint density at radius 3 is 2.38 bits per heavy atom. The van der Waals surface area contributed by atoms with Crippen LogP contribution in [0.3, 0.4) is 0 Å². The van der Waals surface area contributed by atoms with Gasteiger partial charge in [0.2, 0.25) is 0 Å². The number of anilines is 1. The molecule has 1 atom stereocenters. The number of hydrogen-bond donors (Lipinski definition) is 1. The van der Waals surface area contributed by atoms with E-state index in [1.165, 1.54) is 30.5 Å². The summed E-state index contributed by atoms with van der Waals surface area (Å²) in [5, 5.41) is 0. The first kappa shape index (κ1) is 11.5. The fraction of sp³-hybridized carbons (Fsp3) is 0.571. The van der Waals surface area contributed by atoms with Crippen LogP contribution in [0.2, 0.25) is 0 Å². The minimum Gasteiger partial charge on any atom is -0.372 e. The lowest BCUT2D eigenvalue weighted by atomic mass is 9.91. The van der Waals surface area contributed by atoms with Crippen LogP contribution in [0.5, 0.6) is 0 Å². The molecule has 1 fully saturated rings. The number of rotatable bonds is 4. The predicted octanol–water partition coefficient (Wildman–Crippen LogP) is 3.09. The normalized spacial score (nSPS) is 17.9. The van der Waals surface area contributed by atoms with Crippen molar-refractivity contribution in [1.82, 2.24) is 0 Å². The maximum Gasteiger partial charge on any atom is 0.0366 e. The molecule has 2 nitrogen and oxygen atoms in total. The Bertz CT molecular complexity index is 327. The molecule has 16 heavy (non-hydrogen) atoms. The second kappa shape index (κ2) is 4.88. The maximum atomic E-state index is 6.00. The van der Waals surface area contributed by atoms with Gasteiger partial charge >= 0.3 is 0 Å². The van der Waals surface area contributed by atoms with Gasteiger partial charge in [0.1, 0.15) is 0 Å². The Morgan fingerprint density at radius 2 is 1.94 bits per heavy atom. The highest BCUT2D eigenvalue weighted by molar-refractivity contribution is 5.48. The van der Waals surface area contributed by atoms with Crippen LogP contribution in [0.1, 0.15) is 44.2 Å². The summed E-state index contributed by atoms with van der Waals surface area (Å²) >= 11 is 0. The summed E-state index contributed by atoms with van der Waals surface area (Å²) in [5.74, 6) is 0. The SMILES string of the molecule is CCC(N)c1ccc(N(C)C2CCC2)cc1. The van der Waals surface area contributed by atoms with E-state index >= 15 is 0 Å². The number of hydrogen-bond acceptors (Lipinski definition) is 2. The van der Waals surface area contributed by atoms with E-state index < -0.39 is 0 Å². The maximum absolute atomic E-state index is 6.00. The van der Waals surface area contributed by atoms with Gasteiger partial charge in [-0.1, -0.05) is 19.1 Å².